The van der Waals surface area contributed by atoms with Crippen molar-refractivity contribution < 1.29 is 4.39 Å². The molecule has 0 N–H and O–H groups in total. The maximum Gasteiger partial charge on any atom is 0.206 e. The number of aromatic nitrogens is 1. The van der Waals surface area contributed by atoms with E-state index in [2.05, 4.69) is 5.38 Å². The van der Waals surface area contributed by atoms with Gasteiger partial charge < -0.3 is 0 Å². The van der Waals surface area contributed by atoms with E-state index in [1.165, 1.54) is 62.8 Å². The van der Waals surface area contributed by atoms with E-state index in [1.807, 2.05) is 16.8 Å². The summed E-state index contributed by atoms with van der Waals surface area (Å²) < 4.78 is 15.3. The van der Waals surface area contributed by atoms with Crippen LogP contribution in [0, 0.1) is 5.82 Å². The van der Waals surface area contributed by atoms with Crippen LogP contribution in [-0.4, -0.2) is 16.4 Å². The molecule has 1 heterocycles. The Balaban J connectivity index is 1.77. The third-order valence-corrected chi connectivity index (χ3v) is 5.95. The summed E-state index contributed by atoms with van der Waals surface area (Å²) in [6, 6.07) is 7.10. The van der Waals surface area contributed by atoms with E-state index >= 15 is 0 Å². The molecule has 0 aliphatic heterocycles. The van der Waals surface area contributed by atoms with Gasteiger partial charge in [-0.2, -0.15) is 5.10 Å². The van der Waals surface area contributed by atoms with Gasteiger partial charge in [0.2, 0.25) is 4.80 Å². The second-order valence-corrected chi connectivity index (χ2v) is 7.85. The van der Waals surface area contributed by atoms with Gasteiger partial charge in [0.05, 0.1) is 11.7 Å². The fourth-order valence-corrected chi connectivity index (χ4v) is 4.60. The molecule has 0 atom stereocenters. The minimum atomic E-state index is -0.209. The topological polar surface area (TPSA) is 29.6 Å². The Morgan fingerprint density at radius 3 is 2.40 bits per heavy atom. The van der Waals surface area contributed by atoms with Gasteiger partial charge in [0, 0.05) is 16.7 Å². The molecule has 0 bridgehead atoms. The maximum atomic E-state index is 13.3. The van der Waals surface area contributed by atoms with Crippen LogP contribution in [0.5, 0.6) is 0 Å². The Morgan fingerprint density at radius 2 is 1.68 bits per heavy atom. The van der Waals surface area contributed by atoms with E-state index in [4.69, 9.17) is 10.1 Å². The second-order valence-electron chi connectivity index (χ2n) is 7.02. The summed E-state index contributed by atoms with van der Waals surface area (Å²) in [6.45, 7) is 0. The molecule has 132 valence electrons. The molecule has 1 aromatic carbocycles. The van der Waals surface area contributed by atoms with Crippen LogP contribution in [0.1, 0.15) is 57.8 Å². The lowest BCUT2D eigenvalue weighted by Gasteiger charge is -2.17. The Morgan fingerprint density at radius 1 is 0.960 bits per heavy atom. The van der Waals surface area contributed by atoms with E-state index in [9.17, 15) is 4.39 Å². The van der Waals surface area contributed by atoms with Crippen LogP contribution < -0.4 is 4.80 Å². The third-order valence-electron chi connectivity index (χ3n) is 5.12. The van der Waals surface area contributed by atoms with E-state index in [0.717, 1.165) is 28.9 Å². The van der Waals surface area contributed by atoms with E-state index in [-0.39, 0.29) is 5.82 Å². The summed E-state index contributed by atoms with van der Waals surface area (Å²) in [5.74, 6) is -0.209. The highest BCUT2D eigenvalue weighted by atomic mass is 32.1. The monoisotopic (exact) mass is 357 g/mol. The minimum absolute atomic E-state index is 0.209. The predicted octanol–water partition coefficient (Wildman–Crippen LogP) is 5.37. The minimum Gasteiger partial charge on any atom is -0.254 e. The molecule has 2 aliphatic carbocycles. The van der Waals surface area contributed by atoms with Crippen molar-refractivity contribution in [2.75, 3.05) is 0 Å². The predicted molar refractivity (Wildman–Crippen MR) is 101 cm³/mol. The van der Waals surface area contributed by atoms with Gasteiger partial charge in [-0.25, -0.2) is 9.07 Å². The van der Waals surface area contributed by atoms with E-state index < -0.39 is 0 Å². The molecule has 4 rings (SSSR count). The van der Waals surface area contributed by atoms with Crippen LogP contribution >= 0.6 is 11.3 Å². The number of hydrogen-bond donors (Lipinski definition) is 0. The van der Waals surface area contributed by atoms with Gasteiger partial charge in [0.25, 0.3) is 0 Å². The fourth-order valence-electron chi connectivity index (χ4n) is 3.69. The lowest BCUT2D eigenvalue weighted by atomic mass is 9.96. The molecule has 1 aromatic heterocycles. The number of thiazole rings is 1. The Kier molecular flexibility index (Phi) is 5.11. The largest absolute Gasteiger partial charge is 0.254 e. The van der Waals surface area contributed by atoms with Crippen molar-refractivity contribution in [2.24, 2.45) is 10.1 Å². The van der Waals surface area contributed by atoms with Crippen LogP contribution in [0.2, 0.25) is 0 Å². The van der Waals surface area contributed by atoms with Crippen molar-refractivity contribution >= 4 is 17.0 Å². The number of hydrogen-bond acceptors (Lipinski definition) is 3. The zero-order chi connectivity index (χ0) is 17.1. The lowest BCUT2D eigenvalue weighted by Crippen LogP contribution is -2.19. The summed E-state index contributed by atoms with van der Waals surface area (Å²) in [5, 5.41) is 7.04. The van der Waals surface area contributed by atoms with Crippen LogP contribution in [0.3, 0.4) is 0 Å². The molecule has 0 saturated heterocycles. The van der Waals surface area contributed by atoms with Crippen LogP contribution in [0.4, 0.5) is 4.39 Å². The molecule has 2 aromatic rings. The van der Waals surface area contributed by atoms with Gasteiger partial charge in [0.1, 0.15) is 5.82 Å². The first-order chi connectivity index (χ1) is 12.3. The number of nitrogens with zero attached hydrogens (tertiary/aromatic N) is 3. The number of halogens is 1. The highest BCUT2D eigenvalue weighted by molar-refractivity contribution is 7.07. The highest BCUT2D eigenvalue weighted by Gasteiger charge is 2.15. The Hall–Kier alpha value is -1.75. The number of benzene rings is 1. The smallest absolute Gasteiger partial charge is 0.206 e. The maximum absolute atomic E-state index is 13.3. The van der Waals surface area contributed by atoms with Crippen molar-refractivity contribution in [1.29, 1.82) is 0 Å². The zero-order valence-electron chi connectivity index (χ0n) is 14.5. The van der Waals surface area contributed by atoms with Gasteiger partial charge in [-0.05, 0) is 62.8 Å². The lowest BCUT2D eigenvalue weighted by molar-refractivity contribution is 0.435. The SMILES string of the molecule is Fc1ccc(-c2csc(=NC3CCCCC3)n2N=C2CCCC2)cc1. The normalized spacial score (nSPS) is 19.6. The molecule has 25 heavy (non-hydrogen) atoms. The molecule has 2 aliphatic rings. The van der Waals surface area contributed by atoms with E-state index in [1.54, 1.807) is 11.3 Å². The molecule has 2 fully saturated rings. The number of rotatable bonds is 3. The van der Waals surface area contributed by atoms with Crippen LogP contribution in [0.15, 0.2) is 39.7 Å². The molecule has 0 amide bonds. The van der Waals surface area contributed by atoms with E-state index in [0.29, 0.717) is 6.04 Å². The second kappa shape index (κ2) is 7.65. The zero-order valence-corrected chi connectivity index (χ0v) is 15.3. The standard InChI is InChI=1S/C20H24FN3S/c21-16-12-10-15(11-13-16)19-14-25-20(22-17-6-2-1-3-7-17)24(19)23-18-8-4-5-9-18/h10-14,17H,1-9H2. The first kappa shape index (κ1) is 16.7. The van der Waals surface area contributed by atoms with Gasteiger partial charge >= 0.3 is 0 Å². The molecule has 5 heteroatoms. The van der Waals surface area contributed by atoms with Crippen molar-refractivity contribution in [3.05, 3.63) is 40.3 Å². The van der Waals surface area contributed by atoms with Gasteiger partial charge in [-0.1, -0.05) is 19.3 Å². The Bertz CT molecular complexity index is 802. The first-order valence-corrected chi connectivity index (χ1v) is 10.2. The fraction of sp³-hybridized carbons (Fsp3) is 0.500. The third kappa shape index (κ3) is 3.92. The average Bonchev–Trinajstić information content (AvgIpc) is 3.28. The molecule has 0 spiro atoms. The van der Waals surface area contributed by atoms with Crippen LogP contribution in [-0.2, 0) is 0 Å². The summed E-state index contributed by atoms with van der Waals surface area (Å²) in [4.78, 5) is 6.00. The molecular weight excluding hydrogens is 333 g/mol. The molecule has 0 radical (unpaired) electrons. The van der Waals surface area contributed by atoms with Gasteiger partial charge in [0.15, 0.2) is 0 Å². The quantitative estimate of drug-likeness (QED) is 0.707. The summed E-state index contributed by atoms with van der Waals surface area (Å²) in [5.41, 5.74) is 3.26. The Labute approximate surface area is 151 Å². The highest BCUT2D eigenvalue weighted by Crippen LogP contribution is 2.24. The first-order valence-electron chi connectivity index (χ1n) is 9.37. The average molecular weight is 357 g/mol. The summed E-state index contributed by atoms with van der Waals surface area (Å²) in [6.07, 6.45) is 10.9. The molecule has 0 unspecified atom stereocenters. The van der Waals surface area contributed by atoms with Crippen molar-refractivity contribution in [2.45, 2.75) is 63.8 Å². The van der Waals surface area contributed by atoms with Crippen molar-refractivity contribution in [3.8, 4) is 11.3 Å². The van der Waals surface area contributed by atoms with Crippen molar-refractivity contribution in [1.82, 2.24) is 4.68 Å². The molecule has 2 saturated carbocycles. The summed E-state index contributed by atoms with van der Waals surface area (Å²) in [7, 11) is 0. The van der Waals surface area contributed by atoms with Crippen molar-refractivity contribution in [3.63, 3.8) is 0 Å². The van der Waals surface area contributed by atoms with Gasteiger partial charge in [-0.3, -0.25) is 4.99 Å². The van der Waals surface area contributed by atoms with Gasteiger partial charge in [-0.15, -0.1) is 11.3 Å². The summed E-state index contributed by atoms with van der Waals surface area (Å²) >= 11 is 1.65. The molecule has 3 nitrogen and oxygen atoms in total. The molecular formula is C20H24FN3S. The van der Waals surface area contributed by atoms with Crippen LogP contribution in [0.25, 0.3) is 11.3 Å².